The number of aryl methyl sites for hydroxylation is 2. The lowest BCUT2D eigenvalue weighted by Gasteiger charge is -2.01. The zero-order valence-corrected chi connectivity index (χ0v) is 9.64. The summed E-state index contributed by atoms with van der Waals surface area (Å²) in [7, 11) is 0. The maximum atomic E-state index is 5.91. The van der Waals surface area contributed by atoms with E-state index in [9.17, 15) is 0 Å². The van der Waals surface area contributed by atoms with Gasteiger partial charge in [-0.25, -0.2) is 0 Å². The van der Waals surface area contributed by atoms with Crippen LogP contribution in [0.25, 0.3) is 11.3 Å². The topological polar surface area (TPSA) is 56.7 Å². The van der Waals surface area contributed by atoms with Crippen LogP contribution in [0.5, 0.6) is 0 Å². The normalized spacial score (nSPS) is 10.6. The van der Waals surface area contributed by atoms with E-state index in [2.05, 4.69) is 17.0 Å². The number of nitrogen functional groups attached to an aromatic ring is 1. The summed E-state index contributed by atoms with van der Waals surface area (Å²) in [6, 6.07) is 3.70. The fourth-order valence-corrected chi connectivity index (χ4v) is 1.74. The smallest absolute Gasteiger partial charge is 0.0965 e. The Kier molecular flexibility index (Phi) is 2.90. The van der Waals surface area contributed by atoms with Crippen molar-refractivity contribution in [1.29, 1.82) is 0 Å². The molecule has 4 heteroatoms. The minimum atomic E-state index is 0.696. The molecule has 0 unspecified atom stereocenters. The average molecular weight is 216 g/mol. The quantitative estimate of drug-likeness (QED) is 0.856. The number of aromatic nitrogens is 3. The van der Waals surface area contributed by atoms with Gasteiger partial charge in [0.05, 0.1) is 17.1 Å². The van der Waals surface area contributed by atoms with Crippen LogP contribution in [0, 0.1) is 6.92 Å². The second kappa shape index (κ2) is 4.35. The van der Waals surface area contributed by atoms with E-state index in [4.69, 9.17) is 5.73 Å². The van der Waals surface area contributed by atoms with Crippen LogP contribution in [0.2, 0.25) is 0 Å². The van der Waals surface area contributed by atoms with Crippen LogP contribution in [-0.4, -0.2) is 14.8 Å². The molecule has 2 aromatic heterocycles. The third-order valence-corrected chi connectivity index (χ3v) is 2.49. The summed E-state index contributed by atoms with van der Waals surface area (Å²) in [6.07, 6.45) is 4.83. The van der Waals surface area contributed by atoms with Crippen LogP contribution in [-0.2, 0) is 6.54 Å². The van der Waals surface area contributed by atoms with Gasteiger partial charge in [0.25, 0.3) is 0 Å². The number of hydrogen-bond acceptors (Lipinski definition) is 3. The molecule has 0 aliphatic carbocycles. The largest absolute Gasteiger partial charge is 0.397 e. The number of hydrogen-bond donors (Lipinski definition) is 1. The first kappa shape index (κ1) is 10.7. The van der Waals surface area contributed by atoms with E-state index < -0.39 is 0 Å². The standard InChI is InChI=1S/C12H16N4/c1-3-7-16-8-10(9(2)15-16)12-11(13)5-4-6-14-12/h4-6,8H,3,7,13H2,1-2H3. The van der Waals surface area contributed by atoms with Gasteiger partial charge in [-0.3, -0.25) is 9.67 Å². The van der Waals surface area contributed by atoms with E-state index in [0.29, 0.717) is 5.69 Å². The van der Waals surface area contributed by atoms with Crippen molar-refractivity contribution in [3.8, 4) is 11.3 Å². The van der Waals surface area contributed by atoms with Gasteiger partial charge in [0.15, 0.2) is 0 Å². The lowest BCUT2D eigenvalue weighted by Crippen LogP contribution is -1.96. The van der Waals surface area contributed by atoms with Crippen LogP contribution in [0.3, 0.4) is 0 Å². The summed E-state index contributed by atoms with van der Waals surface area (Å²) in [5, 5.41) is 4.44. The van der Waals surface area contributed by atoms with Crippen molar-refractivity contribution in [2.45, 2.75) is 26.8 Å². The lowest BCUT2D eigenvalue weighted by molar-refractivity contribution is 0.598. The van der Waals surface area contributed by atoms with Gasteiger partial charge in [-0.1, -0.05) is 6.92 Å². The van der Waals surface area contributed by atoms with E-state index >= 15 is 0 Å². The molecule has 0 fully saturated rings. The Morgan fingerprint density at radius 3 is 2.94 bits per heavy atom. The molecule has 0 saturated heterocycles. The molecule has 0 bridgehead atoms. The van der Waals surface area contributed by atoms with Crippen molar-refractivity contribution in [3.63, 3.8) is 0 Å². The summed E-state index contributed by atoms with van der Waals surface area (Å²) >= 11 is 0. The lowest BCUT2D eigenvalue weighted by atomic mass is 10.1. The summed E-state index contributed by atoms with van der Waals surface area (Å²) < 4.78 is 1.94. The molecule has 2 heterocycles. The van der Waals surface area contributed by atoms with Crippen molar-refractivity contribution in [1.82, 2.24) is 14.8 Å². The summed E-state index contributed by atoms with van der Waals surface area (Å²) in [5.74, 6) is 0. The van der Waals surface area contributed by atoms with Crippen molar-refractivity contribution in [3.05, 3.63) is 30.2 Å². The highest BCUT2D eigenvalue weighted by molar-refractivity contribution is 5.73. The number of anilines is 1. The number of nitrogens with two attached hydrogens (primary N) is 1. The highest BCUT2D eigenvalue weighted by atomic mass is 15.3. The third kappa shape index (κ3) is 1.91. The van der Waals surface area contributed by atoms with E-state index in [-0.39, 0.29) is 0 Å². The molecule has 2 rings (SSSR count). The predicted molar refractivity (Wildman–Crippen MR) is 64.9 cm³/mol. The molecule has 0 radical (unpaired) electrons. The Labute approximate surface area is 95.1 Å². The fraction of sp³-hybridized carbons (Fsp3) is 0.333. The van der Waals surface area contributed by atoms with Crippen LogP contribution in [0.4, 0.5) is 5.69 Å². The van der Waals surface area contributed by atoms with E-state index in [1.165, 1.54) is 0 Å². The van der Waals surface area contributed by atoms with E-state index in [1.807, 2.05) is 29.9 Å². The minimum absolute atomic E-state index is 0.696. The molecule has 2 aromatic rings. The van der Waals surface area contributed by atoms with Crippen molar-refractivity contribution in [2.75, 3.05) is 5.73 Å². The molecule has 0 atom stereocenters. The van der Waals surface area contributed by atoms with Gasteiger partial charge in [-0.2, -0.15) is 5.10 Å². The van der Waals surface area contributed by atoms with Crippen molar-refractivity contribution in [2.24, 2.45) is 0 Å². The summed E-state index contributed by atoms with van der Waals surface area (Å²) in [6.45, 7) is 5.04. The molecule has 0 aromatic carbocycles. The maximum absolute atomic E-state index is 5.91. The minimum Gasteiger partial charge on any atom is -0.397 e. The molecule has 16 heavy (non-hydrogen) atoms. The molecular weight excluding hydrogens is 200 g/mol. The molecule has 84 valence electrons. The average Bonchev–Trinajstić information content (AvgIpc) is 2.61. The molecule has 0 aliphatic rings. The van der Waals surface area contributed by atoms with Gasteiger partial charge in [-0.15, -0.1) is 0 Å². The molecule has 0 spiro atoms. The Morgan fingerprint density at radius 2 is 2.25 bits per heavy atom. The maximum Gasteiger partial charge on any atom is 0.0965 e. The van der Waals surface area contributed by atoms with E-state index in [1.54, 1.807) is 6.20 Å². The number of rotatable bonds is 3. The molecular formula is C12H16N4. The highest BCUT2D eigenvalue weighted by Crippen LogP contribution is 2.25. The van der Waals surface area contributed by atoms with Crippen molar-refractivity contribution < 1.29 is 0 Å². The fourth-order valence-electron chi connectivity index (χ4n) is 1.74. The van der Waals surface area contributed by atoms with Gasteiger partial charge in [0.2, 0.25) is 0 Å². The molecule has 4 nitrogen and oxygen atoms in total. The highest BCUT2D eigenvalue weighted by Gasteiger charge is 2.10. The Bertz CT molecular complexity index is 488. The van der Waals surface area contributed by atoms with Gasteiger partial charge in [0, 0.05) is 24.5 Å². The van der Waals surface area contributed by atoms with Crippen LogP contribution < -0.4 is 5.73 Å². The Morgan fingerprint density at radius 1 is 1.44 bits per heavy atom. The van der Waals surface area contributed by atoms with E-state index in [0.717, 1.165) is 29.9 Å². The number of pyridine rings is 1. The second-order valence-electron chi connectivity index (χ2n) is 3.83. The first-order chi connectivity index (χ1) is 7.72. The molecule has 2 N–H and O–H groups in total. The summed E-state index contributed by atoms with van der Waals surface area (Å²) in [4.78, 5) is 4.30. The van der Waals surface area contributed by atoms with Gasteiger partial charge in [-0.05, 0) is 25.5 Å². The van der Waals surface area contributed by atoms with Gasteiger partial charge in [0.1, 0.15) is 0 Å². The first-order valence-electron chi connectivity index (χ1n) is 5.47. The molecule has 0 saturated carbocycles. The summed E-state index contributed by atoms with van der Waals surface area (Å²) in [5.41, 5.74) is 9.41. The zero-order valence-electron chi connectivity index (χ0n) is 9.64. The van der Waals surface area contributed by atoms with Gasteiger partial charge >= 0.3 is 0 Å². The number of nitrogens with zero attached hydrogens (tertiary/aromatic N) is 3. The predicted octanol–water partition coefficient (Wildman–Crippen LogP) is 2.25. The van der Waals surface area contributed by atoms with Crippen LogP contribution >= 0.6 is 0 Å². The molecule has 0 aliphatic heterocycles. The third-order valence-electron chi connectivity index (χ3n) is 2.49. The Balaban J connectivity index is 2.44. The Hall–Kier alpha value is -1.84. The zero-order chi connectivity index (χ0) is 11.5. The van der Waals surface area contributed by atoms with Crippen LogP contribution in [0.15, 0.2) is 24.5 Å². The van der Waals surface area contributed by atoms with Crippen LogP contribution in [0.1, 0.15) is 19.0 Å². The monoisotopic (exact) mass is 216 g/mol. The van der Waals surface area contributed by atoms with Gasteiger partial charge < -0.3 is 5.73 Å². The first-order valence-corrected chi connectivity index (χ1v) is 5.47. The SMILES string of the molecule is CCCn1cc(-c2ncccc2N)c(C)n1. The van der Waals surface area contributed by atoms with Crippen molar-refractivity contribution >= 4 is 5.69 Å². The molecule has 0 amide bonds. The second-order valence-corrected chi connectivity index (χ2v) is 3.83.